The highest BCUT2D eigenvalue weighted by atomic mass is 19.1. The van der Waals surface area contributed by atoms with E-state index in [2.05, 4.69) is 20.3 Å². The number of hydrogen-bond acceptors (Lipinski definition) is 4. The van der Waals surface area contributed by atoms with Gasteiger partial charge < -0.3 is 10.2 Å². The molecule has 0 aliphatic carbocycles. The Kier molecular flexibility index (Phi) is 5.73. The Morgan fingerprint density at radius 2 is 1.79 bits per heavy atom. The van der Waals surface area contributed by atoms with Gasteiger partial charge in [0.25, 0.3) is 0 Å². The molecule has 0 unspecified atom stereocenters. The van der Waals surface area contributed by atoms with E-state index in [1.807, 2.05) is 6.07 Å². The fraction of sp³-hybridized carbons (Fsp3) is 0.240. The molecule has 4 aromatic rings. The van der Waals surface area contributed by atoms with Gasteiger partial charge in [-0.3, -0.25) is 4.79 Å². The molecule has 1 aliphatic heterocycles. The molecular weight excluding hydrogens is 424 g/mol. The molecule has 0 radical (unpaired) electrons. The zero-order valence-electron chi connectivity index (χ0n) is 17.9. The smallest absolute Gasteiger partial charge is 0.225 e. The zero-order chi connectivity index (χ0) is 22.8. The number of amides is 1. The largest absolute Gasteiger partial charge is 0.354 e. The topological polar surface area (TPSA) is 62.5 Å². The number of aromatic nitrogens is 3. The van der Waals surface area contributed by atoms with Crippen molar-refractivity contribution in [1.82, 2.24) is 19.9 Å². The van der Waals surface area contributed by atoms with Crippen LogP contribution in [0.15, 0.2) is 67.0 Å². The van der Waals surface area contributed by atoms with Crippen molar-refractivity contribution >= 4 is 17.2 Å². The van der Waals surface area contributed by atoms with Gasteiger partial charge in [-0.1, -0.05) is 12.1 Å². The maximum absolute atomic E-state index is 13.3. The lowest BCUT2D eigenvalue weighted by atomic mass is 9.97. The summed E-state index contributed by atoms with van der Waals surface area (Å²) in [7, 11) is 0. The number of anilines is 1. The van der Waals surface area contributed by atoms with Crippen LogP contribution in [-0.4, -0.2) is 33.6 Å². The maximum Gasteiger partial charge on any atom is 0.225 e. The Morgan fingerprint density at radius 1 is 1.06 bits per heavy atom. The van der Waals surface area contributed by atoms with Gasteiger partial charge in [0.15, 0.2) is 5.82 Å². The minimum Gasteiger partial charge on any atom is -0.354 e. The number of rotatable bonds is 5. The summed E-state index contributed by atoms with van der Waals surface area (Å²) < 4.78 is 28.1. The third kappa shape index (κ3) is 4.55. The normalized spacial score (nSPS) is 16.2. The summed E-state index contributed by atoms with van der Waals surface area (Å²) in [4.78, 5) is 19.5. The summed E-state index contributed by atoms with van der Waals surface area (Å²) in [6.07, 6.45) is 5.15. The van der Waals surface area contributed by atoms with Crippen molar-refractivity contribution in [3.63, 3.8) is 0 Å². The molecule has 1 aliphatic rings. The molecule has 5 rings (SSSR count). The molecule has 168 valence electrons. The fourth-order valence-corrected chi connectivity index (χ4v) is 4.23. The number of carbonyl (C=O) groups is 1. The van der Waals surface area contributed by atoms with Crippen LogP contribution in [0, 0.1) is 17.6 Å². The van der Waals surface area contributed by atoms with Crippen LogP contribution in [-0.2, 0) is 11.3 Å². The first-order chi connectivity index (χ1) is 16.1. The number of halogens is 2. The second kappa shape index (κ2) is 8.97. The molecule has 3 heterocycles. The Bertz CT molecular complexity index is 1270. The number of hydrogen-bond donors (Lipinski definition) is 1. The first-order valence-corrected chi connectivity index (χ1v) is 10.9. The van der Waals surface area contributed by atoms with Crippen molar-refractivity contribution in [2.24, 2.45) is 5.92 Å². The van der Waals surface area contributed by atoms with E-state index >= 15 is 0 Å². The molecule has 2 aromatic carbocycles. The van der Waals surface area contributed by atoms with Crippen LogP contribution in [0.3, 0.4) is 0 Å². The van der Waals surface area contributed by atoms with Gasteiger partial charge in [0.1, 0.15) is 17.2 Å². The SMILES string of the molecule is O=C(NCc1ccc(F)cc1)[C@@H]1CCCN(c2nccn3nc(-c4ccc(F)cc4)cc23)C1. The van der Waals surface area contributed by atoms with Gasteiger partial charge in [0, 0.05) is 37.6 Å². The summed E-state index contributed by atoms with van der Waals surface area (Å²) in [5.41, 5.74) is 3.25. The van der Waals surface area contributed by atoms with Gasteiger partial charge in [0.2, 0.25) is 5.91 Å². The molecule has 1 N–H and O–H groups in total. The van der Waals surface area contributed by atoms with Gasteiger partial charge in [-0.15, -0.1) is 0 Å². The standard InChI is InChI=1S/C25H23F2N5O/c26-20-7-3-17(4-8-20)15-29-25(33)19-2-1-12-31(16-19)24-23-14-22(30-32(23)13-11-28-24)18-5-9-21(27)10-6-18/h3-11,13-14,19H,1-2,12,15-16H2,(H,29,33)/t19-/m1/s1. The molecule has 0 saturated carbocycles. The Balaban J connectivity index is 1.32. The lowest BCUT2D eigenvalue weighted by Crippen LogP contribution is -2.43. The van der Waals surface area contributed by atoms with Crippen molar-refractivity contribution in [3.8, 4) is 11.3 Å². The number of piperidine rings is 1. The number of fused-ring (bicyclic) bond motifs is 1. The summed E-state index contributed by atoms with van der Waals surface area (Å²) in [5.74, 6) is 0.00527. The number of nitrogens with zero attached hydrogens (tertiary/aromatic N) is 4. The molecule has 0 spiro atoms. The average molecular weight is 447 g/mol. The molecule has 0 bridgehead atoms. The van der Waals surface area contributed by atoms with Crippen LogP contribution in [0.2, 0.25) is 0 Å². The zero-order valence-corrected chi connectivity index (χ0v) is 17.9. The highest BCUT2D eigenvalue weighted by molar-refractivity contribution is 5.80. The molecule has 1 atom stereocenters. The van der Waals surface area contributed by atoms with Gasteiger partial charge >= 0.3 is 0 Å². The van der Waals surface area contributed by atoms with Crippen LogP contribution < -0.4 is 10.2 Å². The highest BCUT2D eigenvalue weighted by Crippen LogP contribution is 2.28. The van der Waals surface area contributed by atoms with E-state index in [1.165, 1.54) is 24.3 Å². The average Bonchev–Trinajstić information content (AvgIpc) is 3.28. The number of benzene rings is 2. The van der Waals surface area contributed by atoms with E-state index in [1.54, 1.807) is 41.2 Å². The molecule has 6 nitrogen and oxygen atoms in total. The van der Waals surface area contributed by atoms with Crippen molar-refractivity contribution in [1.29, 1.82) is 0 Å². The minimum atomic E-state index is -0.294. The van der Waals surface area contributed by atoms with E-state index in [4.69, 9.17) is 0 Å². The third-order valence-corrected chi connectivity index (χ3v) is 5.98. The van der Waals surface area contributed by atoms with Crippen molar-refractivity contribution < 1.29 is 13.6 Å². The van der Waals surface area contributed by atoms with Crippen LogP contribution in [0.25, 0.3) is 16.8 Å². The molecule has 1 amide bonds. The molecular formula is C25H23F2N5O. The van der Waals surface area contributed by atoms with Gasteiger partial charge in [-0.2, -0.15) is 5.10 Å². The van der Waals surface area contributed by atoms with E-state index < -0.39 is 0 Å². The second-order valence-electron chi connectivity index (χ2n) is 8.25. The van der Waals surface area contributed by atoms with E-state index in [0.29, 0.717) is 13.1 Å². The molecule has 8 heteroatoms. The molecule has 1 saturated heterocycles. The van der Waals surface area contributed by atoms with E-state index in [9.17, 15) is 13.6 Å². The summed E-state index contributed by atoms with van der Waals surface area (Å²) in [6, 6.07) is 14.3. The highest BCUT2D eigenvalue weighted by Gasteiger charge is 2.27. The van der Waals surface area contributed by atoms with Crippen LogP contribution in [0.4, 0.5) is 14.6 Å². The van der Waals surface area contributed by atoms with E-state index in [-0.39, 0.29) is 23.5 Å². The number of carbonyl (C=O) groups excluding carboxylic acids is 1. The Hall–Kier alpha value is -3.81. The van der Waals surface area contributed by atoms with E-state index in [0.717, 1.165) is 47.5 Å². The van der Waals surface area contributed by atoms with Gasteiger partial charge in [-0.25, -0.2) is 18.3 Å². The van der Waals surface area contributed by atoms with Crippen molar-refractivity contribution in [2.75, 3.05) is 18.0 Å². The fourth-order valence-electron chi connectivity index (χ4n) is 4.23. The summed E-state index contributed by atoms with van der Waals surface area (Å²) in [6.45, 7) is 1.72. The lowest BCUT2D eigenvalue weighted by Gasteiger charge is -2.33. The minimum absolute atomic E-state index is 0.0171. The molecule has 2 aromatic heterocycles. The van der Waals surface area contributed by atoms with Crippen molar-refractivity contribution in [3.05, 3.63) is 84.2 Å². The van der Waals surface area contributed by atoms with Crippen LogP contribution >= 0.6 is 0 Å². The van der Waals surface area contributed by atoms with Gasteiger partial charge in [0.05, 0.1) is 11.6 Å². The van der Waals surface area contributed by atoms with Gasteiger partial charge in [-0.05, 0) is 60.9 Å². The van der Waals surface area contributed by atoms with Crippen molar-refractivity contribution in [2.45, 2.75) is 19.4 Å². The van der Waals surface area contributed by atoms with Crippen LogP contribution in [0.5, 0.6) is 0 Å². The quantitative estimate of drug-likeness (QED) is 0.498. The lowest BCUT2D eigenvalue weighted by molar-refractivity contribution is -0.125. The summed E-state index contributed by atoms with van der Waals surface area (Å²) >= 11 is 0. The summed E-state index contributed by atoms with van der Waals surface area (Å²) in [5, 5.41) is 7.58. The predicted octanol–water partition coefficient (Wildman–Crippen LogP) is 4.21. The third-order valence-electron chi connectivity index (χ3n) is 5.98. The Labute approximate surface area is 189 Å². The molecule has 1 fully saturated rings. The monoisotopic (exact) mass is 447 g/mol. The van der Waals surface area contributed by atoms with Crippen LogP contribution in [0.1, 0.15) is 18.4 Å². The predicted molar refractivity (Wildman–Crippen MR) is 122 cm³/mol. The first kappa shape index (κ1) is 21.1. The molecule has 33 heavy (non-hydrogen) atoms. The maximum atomic E-state index is 13.3. The first-order valence-electron chi connectivity index (χ1n) is 10.9. The number of nitrogens with one attached hydrogen (secondary N) is 1. The second-order valence-corrected chi connectivity index (χ2v) is 8.25. The Morgan fingerprint density at radius 3 is 2.55 bits per heavy atom.